The van der Waals surface area contributed by atoms with Gasteiger partial charge in [0, 0.05) is 6.07 Å². The van der Waals surface area contributed by atoms with Crippen LogP contribution in [0.5, 0.6) is 0 Å². The molecule has 0 amide bonds. The number of hydrogen-bond acceptors (Lipinski definition) is 3. The number of nitrogens with zero attached hydrogens (tertiary/aromatic N) is 1. The summed E-state index contributed by atoms with van der Waals surface area (Å²) in [4.78, 5) is 20.1. The van der Waals surface area contributed by atoms with E-state index in [1.54, 1.807) is 0 Å². The van der Waals surface area contributed by atoms with Crippen LogP contribution in [0.1, 0.15) is 11.8 Å². The molecule has 1 N–H and O–H groups in total. The number of benzene rings is 1. The summed E-state index contributed by atoms with van der Waals surface area (Å²) in [5, 5.41) is 18.5. The van der Waals surface area contributed by atoms with Gasteiger partial charge in [-0.25, -0.2) is 4.79 Å². The average molecular weight is 226 g/mol. The van der Waals surface area contributed by atoms with Crippen LogP contribution in [-0.4, -0.2) is 16.0 Å². The van der Waals surface area contributed by atoms with E-state index in [0.29, 0.717) is 0 Å². The Balaban J connectivity index is 0. The molecule has 0 atom stereocenters. The van der Waals surface area contributed by atoms with Crippen LogP contribution < -0.4 is 29.6 Å². The molecule has 1 rings (SSSR count). The number of carbonyl (C=O) groups is 1. The first-order valence-electron chi connectivity index (χ1n) is 3.20. The number of nitro benzene ring substituents is 1. The van der Waals surface area contributed by atoms with Crippen LogP contribution in [0.4, 0.5) is 5.69 Å². The summed E-state index contributed by atoms with van der Waals surface area (Å²) < 4.78 is 0. The van der Waals surface area contributed by atoms with Crippen molar-refractivity contribution in [1.29, 1.82) is 0 Å². The van der Waals surface area contributed by atoms with Crippen LogP contribution in [0.2, 0.25) is 5.02 Å². The maximum absolute atomic E-state index is 10.5. The standard InChI is InChI=1S/C7H4ClNO4.Na.H/c8-6-4(7(10)11)2-1-3-5(6)9(12)13;;/h1-3H,(H,10,11);;/q;+1;-1. The molecule has 1 aromatic rings. The number of carboxylic acid groups (broad SMARTS) is 1. The first-order valence-corrected chi connectivity index (χ1v) is 3.58. The van der Waals surface area contributed by atoms with Crippen molar-refractivity contribution in [2.45, 2.75) is 0 Å². The molecule has 5 nitrogen and oxygen atoms in total. The minimum atomic E-state index is -1.28. The van der Waals surface area contributed by atoms with Gasteiger partial charge < -0.3 is 6.53 Å². The molecule has 0 aliphatic rings. The van der Waals surface area contributed by atoms with Gasteiger partial charge in [0.1, 0.15) is 5.02 Å². The fraction of sp³-hybridized carbons (Fsp3) is 0. The van der Waals surface area contributed by atoms with E-state index in [-0.39, 0.29) is 41.6 Å². The molecule has 0 fully saturated rings. The molecule has 0 saturated heterocycles. The van der Waals surface area contributed by atoms with E-state index in [0.717, 1.165) is 6.07 Å². The van der Waals surface area contributed by atoms with Gasteiger partial charge in [0.15, 0.2) is 0 Å². The maximum atomic E-state index is 10.5. The number of halogens is 1. The van der Waals surface area contributed by atoms with E-state index in [1.165, 1.54) is 12.1 Å². The molecule has 0 spiro atoms. The van der Waals surface area contributed by atoms with Gasteiger partial charge in [-0.3, -0.25) is 10.1 Å². The van der Waals surface area contributed by atoms with E-state index < -0.39 is 16.6 Å². The minimum absolute atomic E-state index is 0. The topological polar surface area (TPSA) is 80.4 Å². The molecule has 0 aliphatic heterocycles. The summed E-state index contributed by atoms with van der Waals surface area (Å²) in [7, 11) is 0. The summed E-state index contributed by atoms with van der Waals surface area (Å²) in [6.45, 7) is 0. The monoisotopic (exact) mass is 225 g/mol. The van der Waals surface area contributed by atoms with E-state index in [2.05, 4.69) is 0 Å². The van der Waals surface area contributed by atoms with Crippen LogP contribution in [0.15, 0.2) is 18.2 Å². The van der Waals surface area contributed by atoms with Gasteiger partial charge in [0.05, 0.1) is 10.5 Å². The fourth-order valence-corrected chi connectivity index (χ4v) is 1.10. The third kappa shape index (κ3) is 2.68. The molecule has 0 aromatic heterocycles. The predicted molar refractivity (Wildman–Crippen MR) is 46.2 cm³/mol. The zero-order valence-corrected chi connectivity index (χ0v) is 9.99. The Morgan fingerprint density at radius 2 is 2.14 bits per heavy atom. The average Bonchev–Trinajstić information content (AvgIpc) is 2.03. The molecule has 0 aliphatic carbocycles. The molecule has 0 unspecified atom stereocenters. The van der Waals surface area contributed by atoms with Gasteiger partial charge in [-0.15, -0.1) is 0 Å². The Kier molecular flexibility index (Phi) is 5.07. The van der Waals surface area contributed by atoms with Gasteiger partial charge in [-0.1, -0.05) is 17.7 Å². The summed E-state index contributed by atoms with van der Waals surface area (Å²) in [6.07, 6.45) is 0. The third-order valence-electron chi connectivity index (χ3n) is 1.41. The SMILES string of the molecule is O=C(O)c1cccc([N+](=O)[O-])c1Cl.[H-].[Na+]. The molecule has 1 aromatic carbocycles. The smallest absolute Gasteiger partial charge is 1.00 e. The van der Waals surface area contributed by atoms with Crippen LogP contribution in [0, 0.1) is 10.1 Å². The largest absolute Gasteiger partial charge is 1.00 e. The fourth-order valence-electron chi connectivity index (χ4n) is 0.826. The Labute approximate surface area is 108 Å². The minimum Gasteiger partial charge on any atom is -1.00 e. The molecule has 0 radical (unpaired) electrons. The van der Waals surface area contributed by atoms with Crippen molar-refractivity contribution in [2.24, 2.45) is 0 Å². The van der Waals surface area contributed by atoms with Crippen molar-refractivity contribution >= 4 is 23.3 Å². The number of hydrogen-bond donors (Lipinski definition) is 1. The number of rotatable bonds is 2. The van der Waals surface area contributed by atoms with Crippen molar-refractivity contribution in [3.05, 3.63) is 38.9 Å². The Morgan fingerprint density at radius 3 is 2.57 bits per heavy atom. The van der Waals surface area contributed by atoms with Crippen molar-refractivity contribution in [3.8, 4) is 0 Å². The second kappa shape index (κ2) is 5.31. The van der Waals surface area contributed by atoms with E-state index in [9.17, 15) is 14.9 Å². The molecule has 0 heterocycles. The Bertz CT molecular complexity index is 355. The van der Waals surface area contributed by atoms with Gasteiger partial charge in [-0.05, 0) is 6.07 Å². The third-order valence-corrected chi connectivity index (χ3v) is 1.80. The summed E-state index contributed by atoms with van der Waals surface area (Å²) in [6, 6.07) is 3.62. The maximum Gasteiger partial charge on any atom is 1.00 e. The van der Waals surface area contributed by atoms with Gasteiger partial charge in [0.2, 0.25) is 0 Å². The zero-order valence-electron chi connectivity index (χ0n) is 8.23. The van der Waals surface area contributed by atoms with Crippen LogP contribution in [-0.2, 0) is 0 Å². The van der Waals surface area contributed by atoms with Crippen LogP contribution in [0.3, 0.4) is 0 Å². The van der Waals surface area contributed by atoms with Crippen molar-refractivity contribution < 1.29 is 45.8 Å². The van der Waals surface area contributed by atoms with E-state index in [1.807, 2.05) is 0 Å². The number of nitro groups is 1. The van der Waals surface area contributed by atoms with Gasteiger partial charge in [0.25, 0.3) is 5.69 Å². The predicted octanol–water partition coefficient (Wildman–Crippen LogP) is -0.937. The van der Waals surface area contributed by atoms with Gasteiger partial charge in [-0.2, -0.15) is 0 Å². The molecule has 14 heavy (non-hydrogen) atoms. The normalized spacial score (nSPS) is 8.93. The van der Waals surface area contributed by atoms with Crippen LogP contribution >= 0.6 is 11.6 Å². The number of carboxylic acids is 1. The van der Waals surface area contributed by atoms with Gasteiger partial charge >= 0.3 is 35.5 Å². The summed E-state index contributed by atoms with van der Waals surface area (Å²) in [5.41, 5.74) is -0.669. The Hall–Kier alpha value is -0.620. The summed E-state index contributed by atoms with van der Waals surface area (Å²) >= 11 is 5.48. The first-order chi connectivity index (χ1) is 6.04. The second-order valence-corrected chi connectivity index (χ2v) is 2.58. The van der Waals surface area contributed by atoms with E-state index in [4.69, 9.17) is 16.7 Å². The summed E-state index contributed by atoms with van der Waals surface area (Å²) in [5.74, 6) is -1.28. The molecule has 70 valence electrons. The quantitative estimate of drug-likeness (QED) is 0.400. The zero-order chi connectivity index (χ0) is 10.0. The molecule has 0 bridgehead atoms. The first kappa shape index (κ1) is 13.4. The number of aromatic carboxylic acids is 1. The molecular weight excluding hydrogens is 221 g/mol. The van der Waals surface area contributed by atoms with E-state index >= 15 is 0 Å². The van der Waals surface area contributed by atoms with Crippen molar-refractivity contribution in [2.75, 3.05) is 0 Å². The molecule has 7 heteroatoms. The van der Waals surface area contributed by atoms with Crippen molar-refractivity contribution in [1.82, 2.24) is 0 Å². The second-order valence-electron chi connectivity index (χ2n) is 2.20. The van der Waals surface area contributed by atoms with Crippen molar-refractivity contribution in [3.63, 3.8) is 0 Å². The van der Waals surface area contributed by atoms with Crippen LogP contribution in [0.25, 0.3) is 0 Å². The molecule has 0 saturated carbocycles. The molecular formula is C7H5ClNNaO4. The Morgan fingerprint density at radius 1 is 1.57 bits per heavy atom.